The molecule has 1 saturated heterocycles. The molecular formula is C31H44N8O7. The van der Waals surface area contributed by atoms with Crippen molar-refractivity contribution in [2.75, 3.05) is 38.0 Å². The number of ether oxygens (including phenoxy) is 1. The van der Waals surface area contributed by atoms with Gasteiger partial charge in [0.05, 0.1) is 5.69 Å². The largest absolute Gasteiger partial charge is 0.465 e. The maximum absolute atomic E-state index is 12.8. The molecule has 1 aromatic heterocycles. The normalized spacial score (nSPS) is 18.3. The zero-order chi connectivity index (χ0) is 33.6. The Morgan fingerprint density at radius 2 is 1.59 bits per heavy atom. The molecule has 1 aromatic carbocycles. The Morgan fingerprint density at radius 1 is 0.957 bits per heavy atom. The molecule has 0 radical (unpaired) electrons. The standard InChI is InChI=1S/C31H44N8O7/c1-30(2,3)46-29(45)33-22-16-21(17-22)19-32-18-20-6-8-23(9-7-20)39-11-10-24(35-27(39)42)34-26(41)38-14-12-37(13-15-38)25(40)31(4,5)36-28(43)44/h6-11,21-22,32,36H,12-19H2,1-5H3,(H,33,45)(H,43,44)(H,34,35,41,42)/t21-,22+. The Kier molecular flexibility index (Phi) is 10.6. The molecule has 0 atom stereocenters. The molecule has 46 heavy (non-hydrogen) atoms. The van der Waals surface area contributed by atoms with Gasteiger partial charge >= 0.3 is 23.9 Å². The lowest BCUT2D eigenvalue weighted by atomic mass is 9.80. The zero-order valence-electron chi connectivity index (χ0n) is 27.0. The second-order valence-corrected chi connectivity index (χ2v) is 13.2. The number of urea groups is 1. The summed E-state index contributed by atoms with van der Waals surface area (Å²) in [5.41, 5.74) is -0.656. The fraction of sp³-hybridized carbons (Fsp3) is 0.548. The highest BCUT2D eigenvalue weighted by molar-refractivity contribution is 5.90. The quantitative estimate of drug-likeness (QED) is 0.274. The summed E-state index contributed by atoms with van der Waals surface area (Å²) in [6.07, 6.45) is 1.69. The Bertz CT molecular complexity index is 1470. The predicted octanol–water partition coefficient (Wildman–Crippen LogP) is 2.35. The Balaban J connectivity index is 1.20. The first-order valence-electron chi connectivity index (χ1n) is 15.4. The van der Waals surface area contributed by atoms with Crippen molar-refractivity contribution < 1.29 is 29.0 Å². The van der Waals surface area contributed by atoms with Gasteiger partial charge in [0.1, 0.15) is 17.0 Å². The van der Waals surface area contributed by atoms with E-state index in [4.69, 9.17) is 9.84 Å². The third kappa shape index (κ3) is 9.42. The molecule has 5 amide bonds. The van der Waals surface area contributed by atoms with E-state index in [1.807, 2.05) is 45.0 Å². The van der Waals surface area contributed by atoms with E-state index in [0.717, 1.165) is 24.9 Å². The number of anilines is 1. The van der Waals surface area contributed by atoms with Crippen LogP contribution in [-0.2, 0) is 16.1 Å². The molecule has 0 spiro atoms. The van der Waals surface area contributed by atoms with Crippen LogP contribution in [0.15, 0.2) is 41.3 Å². The van der Waals surface area contributed by atoms with Crippen molar-refractivity contribution in [2.45, 2.75) is 71.2 Å². The third-order valence-electron chi connectivity index (χ3n) is 7.78. The number of aromatic nitrogens is 2. The summed E-state index contributed by atoms with van der Waals surface area (Å²) in [6, 6.07) is 8.76. The Hall–Kier alpha value is -4.66. The molecule has 2 fully saturated rings. The number of hydrogen-bond donors (Lipinski definition) is 5. The topological polar surface area (TPSA) is 187 Å². The van der Waals surface area contributed by atoms with Crippen molar-refractivity contribution in [1.29, 1.82) is 0 Å². The number of nitrogens with one attached hydrogen (secondary N) is 4. The van der Waals surface area contributed by atoms with Gasteiger partial charge in [0.2, 0.25) is 5.91 Å². The number of alkyl carbamates (subject to hydrolysis) is 1. The molecule has 4 rings (SSSR count). The summed E-state index contributed by atoms with van der Waals surface area (Å²) < 4.78 is 6.69. The number of benzene rings is 1. The number of nitrogens with zero attached hydrogens (tertiary/aromatic N) is 4. The lowest BCUT2D eigenvalue weighted by Gasteiger charge is -2.38. The van der Waals surface area contributed by atoms with E-state index in [9.17, 15) is 24.0 Å². The molecule has 15 heteroatoms. The van der Waals surface area contributed by atoms with E-state index in [1.54, 1.807) is 6.20 Å². The number of hydrogen-bond acceptors (Lipinski definition) is 8. The van der Waals surface area contributed by atoms with Gasteiger partial charge in [-0.15, -0.1) is 0 Å². The van der Waals surface area contributed by atoms with Crippen LogP contribution in [-0.4, -0.2) is 98.5 Å². The maximum Gasteiger partial charge on any atom is 0.407 e. The van der Waals surface area contributed by atoms with Gasteiger partial charge in [0.15, 0.2) is 0 Å². The van der Waals surface area contributed by atoms with Crippen molar-refractivity contribution in [2.24, 2.45) is 5.92 Å². The lowest BCUT2D eigenvalue weighted by Crippen LogP contribution is -2.60. The number of carbonyl (C=O) groups excluding carboxylic acids is 3. The van der Waals surface area contributed by atoms with Crippen molar-refractivity contribution in [1.82, 2.24) is 35.3 Å². The van der Waals surface area contributed by atoms with Gasteiger partial charge in [-0.1, -0.05) is 12.1 Å². The summed E-state index contributed by atoms with van der Waals surface area (Å²) in [6.45, 7) is 11.0. The number of piperazine rings is 1. The molecule has 15 nitrogen and oxygen atoms in total. The number of amides is 5. The first kappa shape index (κ1) is 34.2. The molecule has 2 aromatic rings. The molecule has 1 saturated carbocycles. The fourth-order valence-electron chi connectivity index (χ4n) is 5.38. The predicted molar refractivity (Wildman–Crippen MR) is 170 cm³/mol. The van der Waals surface area contributed by atoms with E-state index in [0.29, 0.717) is 18.2 Å². The molecular weight excluding hydrogens is 596 g/mol. The highest BCUT2D eigenvalue weighted by Crippen LogP contribution is 2.27. The zero-order valence-corrected chi connectivity index (χ0v) is 27.0. The maximum atomic E-state index is 12.8. The van der Waals surface area contributed by atoms with Crippen LogP contribution in [0.2, 0.25) is 0 Å². The van der Waals surface area contributed by atoms with Crippen LogP contribution in [0.5, 0.6) is 0 Å². The minimum atomic E-state index is -1.29. The molecule has 0 unspecified atom stereocenters. The second kappa shape index (κ2) is 14.2. The van der Waals surface area contributed by atoms with Crippen molar-refractivity contribution >= 4 is 29.9 Å². The summed E-state index contributed by atoms with van der Waals surface area (Å²) in [5, 5.41) is 20.2. The average Bonchev–Trinajstić information content (AvgIpc) is 2.94. The van der Waals surface area contributed by atoms with Crippen LogP contribution in [0.3, 0.4) is 0 Å². The first-order chi connectivity index (χ1) is 21.6. The van der Waals surface area contributed by atoms with Crippen LogP contribution in [0, 0.1) is 5.92 Å². The van der Waals surface area contributed by atoms with Gasteiger partial charge in [-0.25, -0.2) is 19.2 Å². The van der Waals surface area contributed by atoms with Crippen LogP contribution in [0.1, 0.15) is 53.0 Å². The van der Waals surface area contributed by atoms with Crippen LogP contribution < -0.4 is 27.0 Å². The monoisotopic (exact) mass is 640 g/mol. The fourth-order valence-corrected chi connectivity index (χ4v) is 5.38. The van der Waals surface area contributed by atoms with E-state index in [2.05, 4.69) is 26.3 Å². The third-order valence-corrected chi connectivity index (χ3v) is 7.78. The average molecular weight is 641 g/mol. The molecule has 2 heterocycles. The number of rotatable bonds is 9. The van der Waals surface area contributed by atoms with E-state index < -0.39 is 29.0 Å². The Morgan fingerprint density at radius 3 is 2.17 bits per heavy atom. The summed E-state index contributed by atoms with van der Waals surface area (Å²) in [5.74, 6) is 0.219. The van der Waals surface area contributed by atoms with E-state index in [1.165, 1.54) is 34.3 Å². The highest BCUT2D eigenvalue weighted by Gasteiger charge is 2.36. The molecule has 1 aliphatic heterocycles. The molecule has 1 aliphatic carbocycles. The van der Waals surface area contributed by atoms with E-state index in [-0.39, 0.29) is 50.0 Å². The summed E-state index contributed by atoms with van der Waals surface area (Å²) in [7, 11) is 0. The van der Waals surface area contributed by atoms with Gasteiger partial charge in [0, 0.05) is 45.0 Å². The van der Waals surface area contributed by atoms with Crippen LogP contribution in [0.4, 0.5) is 20.2 Å². The molecule has 0 bridgehead atoms. The van der Waals surface area contributed by atoms with Crippen molar-refractivity contribution in [3.8, 4) is 5.69 Å². The minimum absolute atomic E-state index is 0.108. The van der Waals surface area contributed by atoms with Gasteiger partial charge in [-0.2, -0.15) is 4.98 Å². The van der Waals surface area contributed by atoms with Crippen LogP contribution >= 0.6 is 0 Å². The Labute approximate surface area is 267 Å². The number of carboxylic acid groups (broad SMARTS) is 1. The van der Waals surface area contributed by atoms with Gasteiger partial charge < -0.3 is 35.6 Å². The van der Waals surface area contributed by atoms with Gasteiger partial charge in [-0.05, 0) is 83.7 Å². The molecule has 5 N–H and O–H groups in total. The summed E-state index contributed by atoms with van der Waals surface area (Å²) in [4.78, 5) is 68.2. The van der Waals surface area contributed by atoms with Crippen molar-refractivity contribution in [3.05, 3.63) is 52.6 Å². The van der Waals surface area contributed by atoms with E-state index >= 15 is 0 Å². The lowest BCUT2D eigenvalue weighted by molar-refractivity contribution is -0.138. The minimum Gasteiger partial charge on any atom is -0.465 e. The number of carbonyl (C=O) groups is 4. The van der Waals surface area contributed by atoms with Crippen molar-refractivity contribution in [3.63, 3.8) is 0 Å². The summed E-state index contributed by atoms with van der Waals surface area (Å²) >= 11 is 0. The second-order valence-electron chi connectivity index (χ2n) is 13.2. The molecule has 250 valence electrons. The van der Waals surface area contributed by atoms with Gasteiger partial charge in [0.25, 0.3) is 0 Å². The SMILES string of the molecule is CC(C)(C)OC(=O)N[C@H]1C[C@@H](CNCc2ccc(-n3ccc(NC(=O)N4CCN(C(=O)C(C)(C)NC(=O)O)CC4)nc3=O)cc2)C1. The molecule has 2 aliphatic rings. The van der Waals surface area contributed by atoms with Crippen LogP contribution in [0.25, 0.3) is 5.69 Å². The highest BCUT2D eigenvalue weighted by atomic mass is 16.6. The smallest absolute Gasteiger partial charge is 0.407 e. The van der Waals surface area contributed by atoms with Gasteiger partial charge in [-0.3, -0.25) is 14.7 Å². The first-order valence-corrected chi connectivity index (χ1v) is 15.4.